The van der Waals surface area contributed by atoms with E-state index in [1.165, 1.54) is 0 Å². The first-order valence-electron chi connectivity index (χ1n) is 5.11. The fourth-order valence-electron chi connectivity index (χ4n) is 0.964. The highest BCUT2D eigenvalue weighted by molar-refractivity contribution is 6.02. The summed E-state index contributed by atoms with van der Waals surface area (Å²) in [7, 11) is 0. The lowest BCUT2D eigenvalue weighted by Gasteiger charge is -2.05. The lowest BCUT2D eigenvalue weighted by Crippen LogP contribution is -2.40. The maximum Gasteiger partial charge on any atom is 0.332 e. The third kappa shape index (κ3) is 6.99. The van der Waals surface area contributed by atoms with E-state index in [0.717, 1.165) is 0 Å². The average molecular weight is 258 g/mol. The summed E-state index contributed by atoms with van der Waals surface area (Å²) in [4.78, 5) is 43.2. The zero-order valence-electron chi connectivity index (χ0n) is 9.73. The standard InChI is InChI=1S/C10H14N2O6/c1-2-3-11-10(18)12-7(13)4-6(9(16)17)5-8(14)15/h5H,2-4H2,1H3,(H,14,15)(H,16,17)(H2,11,12,13,18)/b6-5+. The summed E-state index contributed by atoms with van der Waals surface area (Å²) in [6, 6.07) is -0.748. The van der Waals surface area contributed by atoms with Crippen LogP contribution in [-0.2, 0) is 14.4 Å². The molecule has 18 heavy (non-hydrogen) atoms. The smallest absolute Gasteiger partial charge is 0.332 e. The van der Waals surface area contributed by atoms with Crippen molar-refractivity contribution in [3.63, 3.8) is 0 Å². The highest BCUT2D eigenvalue weighted by atomic mass is 16.4. The molecule has 0 spiro atoms. The van der Waals surface area contributed by atoms with E-state index >= 15 is 0 Å². The van der Waals surface area contributed by atoms with E-state index in [9.17, 15) is 19.2 Å². The lowest BCUT2D eigenvalue weighted by atomic mass is 10.1. The minimum Gasteiger partial charge on any atom is -0.478 e. The van der Waals surface area contributed by atoms with Crippen molar-refractivity contribution in [2.24, 2.45) is 0 Å². The number of carboxylic acids is 2. The van der Waals surface area contributed by atoms with Crippen LogP contribution in [0.2, 0.25) is 0 Å². The van der Waals surface area contributed by atoms with Crippen molar-refractivity contribution < 1.29 is 29.4 Å². The van der Waals surface area contributed by atoms with Gasteiger partial charge >= 0.3 is 18.0 Å². The van der Waals surface area contributed by atoms with E-state index in [1.54, 1.807) is 0 Å². The number of aliphatic carboxylic acids is 2. The molecule has 0 aliphatic heterocycles. The summed E-state index contributed by atoms with van der Waals surface area (Å²) in [5, 5.41) is 21.3. The van der Waals surface area contributed by atoms with Gasteiger partial charge in [-0.1, -0.05) is 6.92 Å². The van der Waals surface area contributed by atoms with Crippen LogP contribution in [0.1, 0.15) is 19.8 Å². The Bertz CT molecular complexity index is 388. The van der Waals surface area contributed by atoms with Crippen molar-refractivity contribution in [3.8, 4) is 0 Å². The van der Waals surface area contributed by atoms with E-state index in [0.29, 0.717) is 19.0 Å². The quantitative estimate of drug-likeness (QED) is 0.484. The number of hydrogen-bond donors (Lipinski definition) is 4. The van der Waals surface area contributed by atoms with Crippen molar-refractivity contribution >= 4 is 23.9 Å². The molecule has 0 fully saturated rings. The van der Waals surface area contributed by atoms with E-state index in [-0.39, 0.29) is 0 Å². The minimum atomic E-state index is -1.53. The maximum absolute atomic E-state index is 11.2. The molecule has 0 heterocycles. The summed E-state index contributed by atoms with van der Waals surface area (Å²) in [6.45, 7) is 2.19. The van der Waals surface area contributed by atoms with Crippen molar-refractivity contribution in [2.75, 3.05) is 6.54 Å². The first kappa shape index (κ1) is 15.6. The molecule has 8 nitrogen and oxygen atoms in total. The first-order chi connectivity index (χ1) is 8.36. The molecule has 0 saturated carbocycles. The second-order valence-electron chi connectivity index (χ2n) is 3.29. The summed E-state index contributed by atoms with van der Waals surface area (Å²) in [6.07, 6.45) is 0.397. The Morgan fingerprint density at radius 1 is 1.17 bits per heavy atom. The minimum absolute atomic E-state index is 0.371. The molecule has 0 bridgehead atoms. The van der Waals surface area contributed by atoms with Crippen LogP contribution in [0.15, 0.2) is 11.6 Å². The van der Waals surface area contributed by atoms with Crippen LogP contribution in [0, 0.1) is 0 Å². The van der Waals surface area contributed by atoms with E-state index in [2.05, 4.69) is 5.32 Å². The zero-order chi connectivity index (χ0) is 14.1. The Morgan fingerprint density at radius 3 is 2.22 bits per heavy atom. The second-order valence-corrected chi connectivity index (χ2v) is 3.29. The number of hydrogen-bond acceptors (Lipinski definition) is 4. The first-order valence-corrected chi connectivity index (χ1v) is 5.11. The Labute approximate surface area is 103 Å². The average Bonchev–Trinajstić information content (AvgIpc) is 2.24. The van der Waals surface area contributed by atoms with Gasteiger partial charge in [-0.25, -0.2) is 14.4 Å². The van der Waals surface area contributed by atoms with Gasteiger partial charge in [-0.3, -0.25) is 10.1 Å². The predicted octanol–water partition coefficient (Wildman–Crippen LogP) is -0.292. The number of carbonyl (C=O) groups excluding carboxylic acids is 2. The van der Waals surface area contributed by atoms with Gasteiger partial charge in [-0.15, -0.1) is 0 Å². The topological polar surface area (TPSA) is 133 Å². The molecule has 0 aromatic rings. The van der Waals surface area contributed by atoms with E-state index < -0.39 is 35.9 Å². The third-order valence-electron chi connectivity index (χ3n) is 1.71. The van der Waals surface area contributed by atoms with Crippen molar-refractivity contribution in [1.29, 1.82) is 0 Å². The molecule has 3 amide bonds. The number of carbonyl (C=O) groups is 4. The van der Waals surface area contributed by atoms with Crippen molar-refractivity contribution in [3.05, 3.63) is 11.6 Å². The van der Waals surface area contributed by atoms with Crippen LogP contribution in [0.5, 0.6) is 0 Å². The Balaban J connectivity index is 4.40. The van der Waals surface area contributed by atoms with Gasteiger partial charge in [0.2, 0.25) is 5.91 Å². The number of amides is 3. The fraction of sp³-hybridized carbons (Fsp3) is 0.400. The maximum atomic E-state index is 11.2. The van der Waals surface area contributed by atoms with Crippen LogP contribution in [-0.4, -0.2) is 40.6 Å². The number of imide groups is 1. The summed E-state index contributed by atoms with van der Waals surface area (Å²) >= 11 is 0. The largest absolute Gasteiger partial charge is 0.478 e. The van der Waals surface area contributed by atoms with Crippen LogP contribution in [0.3, 0.4) is 0 Å². The molecular weight excluding hydrogens is 244 g/mol. The van der Waals surface area contributed by atoms with Gasteiger partial charge in [0.15, 0.2) is 0 Å². The Kier molecular flexibility index (Phi) is 6.79. The van der Waals surface area contributed by atoms with Gasteiger partial charge in [-0.2, -0.15) is 0 Å². The molecular formula is C10H14N2O6. The van der Waals surface area contributed by atoms with Crippen molar-refractivity contribution in [1.82, 2.24) is 10.6 Å². The molecule has 0 atom stereocenters. The number of carboxylic acid groups (broad SMARTS) is 2. The normalized spacial score (nSPS) is 10.6. The SMILES string of the molecule is CCCNC(=O)NC(=O)C/C(=C\C(=O)O)C(=O)O. The summed E-state index contributed by atoms with van der Waals surface area (Å²) < 4.78 is 0. The molecule has 0 aliphatic rings. The Morgan fingerprint density at radius 2 is 1.78 bits per heavy atom. The third-order valence-corrected chi connectivity index (χ3v) is 1.71. The van der Waals surface area contributed by atoms with Crippen LogP contribution < -0.4 is 10.6 Å². The van der Waals surface area contributed by atoms with Gasteiger partial charge in [0.05, 0.1) is 12.0 Å². The van der Waals surface area contributed by atoms with Crippen LogP contribution in [0.4, 0.5) is 4.79 Å². The van der Waals surface area contributed by atoms with Gasteiger partial charge < -0.3 is 15.5 Å². The highest BCUT2D eigenvalue weighted by Crippen LogP contribution is 2.01. The molecule has 100 valence electrons. The molecule has 0 rings (SSSR count). The van der Waals surface area contributed by atoms with Gasteiger partial charge in [-0.05, 0) is 6.42 Å². The molecule has 0 unspecified atom stereocenters. The number of rotatable bonds is 6. The molecule has 0 aliphatic carbocycles. The molecule has 4 N–H and O–H groups in total. The summed E-state index contributed by atoms with van der Waals surface area (Å²) in [5.41, 5.74) is -0.608. The van der Waals surface area contributed by atoms with E-state index in [4.69, 9.17) is 10.2 Å². The molecule has 0 saturated heterocycles. The van der Waals surface area contributed by atoms with E-state index in [1.807, 2.05) is 12.2 Å². The van der Waals surface area contributed by atoms with Gasteiger partial charge in [0.25, 0.3) is 0 Å². The molecule has 0 radical (unpaired) electrons. The predicted molar refractivity (Wildman–Crippen MR) is 59.8 cm³/mol. The molecule has 0 aromatic carbocycles. The highest BCUT2D eigenvalue weighted by Gasteiger charge is 2.16. The van der Waals surface area contributed by atoms with Crippen LogP contribution in [0.25, 0.3) is 0 Å². The summed E-state index contributed by atoms with van der Waals surface area (Å²) in [5.74, 6) is -3.89. The molecule has 0 aromatic heterocycles. The monoisotopic (exact) mass is 258 g/mol. The second kappa shape index (κ2) is 7.82. The van der Waals surface area contributed by atoms with Gasteiger partial charge in [0.1, 0.15) is 0 Å². The number of urea groups is 1. The van der Waals surface area contributed by atoms with Crippen molar-refractivity contribution in [2.45, 2.75) is 19.8 Å². The van der Waals surface area contributed by atoms with Crippen LogP contribution >= 0.6 is 0 Å². The Hall–Kier alpha value is -2.38. The number of nitrogens with one attached hydrogen (secondary N) is 2. The zero-order valence-corrected chi connectivity index (χ0v) is 9.73. The fourth-order valence-corrected chi connectivity index (χ4v) is 0.964. The lowest BCUT2D eigenvalue weighted by molar-refractivity contribution is -0.135. The molecule has 8 heteroatoms. The van der Waals surface area contributed by atoms with Gasteiger partial charge in [0, 0.05) is 12.6 Å².